The molecule has 16 heavy (non-hydrogen) atoms. The Labute approximate surface area is 98.9 Å². The van der Waals surface area contributed by atoms with E-state index in [1.165, 1.54) is 32.8 Å². The van der Waals surface area contributed by atoms with Crippen LogP contribution in [0.4, 0.5) is 0 Å². The standard InChI is InChI=1S/C13H25NO2/c1-10(12(15)16-4)9-14-11-5-7-13(2,3)8-6-11/h10-11,14H,5-9H2,1-4H3. The first-order chi connectivity index (χ1) is 7.44. The minimum absolute atomic E-state index is 0.0417. The fourth-order valence-corrected chi connectivity index (χ4v) is 2.23. The van der Waals surface area contributed by atoms with Gasteiger partial charge >= 0.3 is 5.97 Å². The van der Waals surface area contributed by atoms with Crippen molar-refractivity contribution in [2.75, 3.05) is 13.7 Å². The first-order valence-electron chi connectivity index (χ1n) is 6.26. The summed E-state index contributed by atoms with van der Waals surface area (Å²) in [4.78, 5) is 11.2. The predicted octanol–water partition coefficient (Wildman–Crippen LogP) is 2.35. The highest BCUT2D eigenvalue weighted by atomic mass is 16.5. The van der Waals surface area contributed by atoms with E-state index in [-0.39, 0.29) is 11.9 Å². The lowest BCUT2D eigenvalue weighted by atomic mass is 9.75. The van der Waals surface area contributed by atoms with Gasteiger partial charge in [-0.3, -0.25) is 4.79 Å². The summed E-state index contributed by atoms with van der Waals surface area (Å²) >= 11 is 0. The van der Waals surface area contributed by atoms with Gasteiger partial charge < -0.3 is 10.1 Å². The Hall–Kier alpha value is -0.570. The molecule has 0 aromatic rings. The van der Waals surface area contributed by atoms with Crippen LogP contribution in [0, 0.1) is 11.3 Å². The number of nitrogens with one attached hydrogen (secondary N) is 1. The van der Waals surface area contributed by atoms with Gasteiger partial charge in [0.1, 0.15) is 0 Å². The van der Waals surface area contributed by atoms with Crippen molar-refractivity contribution in [3.63, 3.8) is 0 Å². The monoisotopic (exact) mass is 227 g/mol. The van der Waals surface area contributed by atoms with Crippen LogP contribution < -0.4 is 5.32 Å². The topological polar surface area (TPSA) is 38.3 Å². The summed E-state index contributed by atoms with van der Waals surface area (Å²) in [6.07, 6.45) is 5.00. The molecule has 1 aliphatic rings. The third-order valence-corrected chi connectivity index (χ3v) is 3.66. The molecule has 94 valence electrons. The van der Waals surface area contributed by atoms with E-state index >= 15 is 0 Å². The Kier molecular flexibility index (Phi) is 4.78. The third kappa shape index (κ3) is 4.12. The molecule has 0 heterocycles. The second-order valence-corrected chi connectivity index (χ2v) is 5.77. The van der Waals surface area contributed by atoms with Crippen LogP contribution in [0.1, 0.15) is 46.5 Å². The molecule has 1 unspecified atom stereocenters. The number of ether oxygens (including phenoxy) is 1. The van der Waals surface area contributed by atoms with Crippen LogP contribution in [0.3, 0.4) is 0 Å². The van der Waals surface area contributed by atoms with Crippen LogP contribution in [0.2, 0.25) is 0 Å². The van der Waals surface area contributed by atoms with Crippen LogP contribution in [0.5, 0.6) is 0 Å². The molecule has 0 saturated heterocycles. The molecule has 0 amide bonds. The van der Waals surface area contributed by atoms with Crippen LogP contribution in [-0.2, 0) is 9.53 Å². The molecular formula is C13H25NO2. The van der Waals surface area contributed by atoms with E-state index in [1.54, 1.807) is 0 Å². The maximum absolute atomic E-state index is 11.2. The molecular weight excluding hydrogens is 202 g/mol. The summed E-state index contributed by atoms with van der Waals surface area (Å²) in [6.45, 7) is 7.31. The number of carbonyl (C=O) groups is 1. The lowest BCUT2D eigenvalue weighted by Crippen LogP contribution is -2.39. The largest absolute Gasteiger partial charge is 0.469 e. The molecule has 0 bridgehead atoms. The zero-order chi connectivity index (χ0) is 12.2. The highest BCUT2D eigenvalue weighted by molar-refractivity contribution is 5.72. The predicted molar refractivity (Wildman–Crippen MR) is 65.2 cm³/mol. The van der Waals surface area contributed by atoms with E-state index in [0.29, 0.717) is 11.5 Å². The van der Waals surface area contributed by atoms with Gasteiger partial charge in [-0.25, -0.2) is 0 Å². The van der Waals surface area contributed by atoms with Gasteiger partial charge in [-0.05, 0) is 31.1 Å². The van der Waals surface area contributed by atoms with Gasteiger partial charge in [-0.2, -0.15) is 0 Å². The Morgan fingerprint density at radius 1 is 1.44 bits per heavy atom. The Bertz CT molecular complexity index is 228. The number of carbonyl (C=O) groups excluding carboxylic acids is 1. The second kappa shape index (κ2) is 5.67. The summed E-state index contributed by atoms with van der Waals surface area (Å²) < 4.78 is 4.71. The highest BCUT2D eigenvalue weighted by Crippen LogP contribution is 2.34. The van der Waals surface area contributed by atoms with Crippen molar-refractivity contribution >= 4 is 5.97 Å². The molecule has 1 rings (SSSR count). The molecule has 0 aromatic carbocycles. The van der Waals surface area contributed by atoms with Crippen molar-refractivity contribution in [3.05, 3.63) is 0 Å². The lowest BCUT2D eigenvalue weighted by molar-refractivity contribution is -0.144. The molecule has 3 heteroatoms. The smallest absolute Gasteiger partial charge is 0.309 e. The van der Waals surface area contributed by atoms with E-state index in [4.69, 9.17) is 4.74 Å². The van der Waals surface area contributed by atoms with Crippen LogP contribution in [0.25, 0.3) is 0 Å². The van der Waals surface area contributed by atoms with Gasteiger partial charge in [-0.15, -0.1) is 0 Å². The molecule has 3 nitrogen and oxygen atoms in total. The molecule has 1 atom stereocenters. The maximum atomic E-state index is 11.2. The van der Waals surface area contributed by atoms with Gasteiger partial charge in [0.2, 0.25) is 0 Å². The zero-order valence-electron chi connectivity index (χ0n) is 11.0. The van der Waals surface area contributed by atoms with E-state index < -0.39 is 0 Å². The van der Waals surface area contributed by atoms with Gasteiger partial charge in [0, 0.05) is 12.6 Å². The van der Waals surface area contributed by atoms with E-state index in [2.05, 4.69) is 19.2 Å². The number of rotatable bonds is 4. The van der Waals surface area contributed by atoms with Crippen molar-refractivity contribution in [2.24, 2.45) is 11.3 Å². The number of hydrogen-bond acceptors (Lipinski definition) is 3. The molecule has 1 aliphatic carbocycles. The summed E-state index contributed by atoms with van der Waals surface area (Å²) in [7, 11) is 1.45. The summed E-state index contributed by atoms with van der Waals surface area (Å²) in [5.41, 5.74) is 0.506. The molecule has 1 fully saturated rings. The van der Waals surface area contributed by atoms with Crippen LogP contribution >= 0.6 is 0 Å². The molecule has 1 saturated carbocycles. The number of hydrogen-bond donors (Lipinski definition) is 1. The summed E-state index contributed by atoms with van der Waals surface area (Å²) in [6, 6.07) is 0.583. The minimum Gasteiger partial charge on any atom is -0.469 e. The molecule has 0 radical (unpaired) electrons. The van der Waals surface area contributed by atoms with Crippen molar-refractivity contribution in [1.29, 1.82) is 0 Å². The van der Waals surface area contributed by atoms with E-state index in [1.807, 2.05) is 6.92 Å². The first kappa shape index (κ1) is 13.5. The Balaban J connectivity index is 2.22. The summed E-state index contributed by atoms with van der Waals surface area (Å²) in [5.74, 6) is -0.163. The number of esters is 1. The third-order valence-electron chi connectivity index (χ3n) is 3.66. The normalized spacial score (nSPS) is 22.8. The number of methoxy groups -OCH3 is 1. The van der Waals surface area contributed by atoms with Crippen molar-refractivity contribution in [2.45, 2.75) is 52.5 Å². The van der Waals surface area contributed by atoms with Gasteiger partial charge in [-0.1, -0.05) is 20.8 Å². The first-order valence-corrected chi connectivity index (χ1v) is 6.26. The van der Waals surface area contributed by atoms with Gasteiger partial charge in [0.15, 0.2) is 0 Å². The Morgan fingerprint density at radius 2 is 2.00 bits per heavy atom. The van der Waals surface area contributed by atoms with Crippen molar-refractivity contribution < 1.29 is 9.53 Å². The average Bonchev–Trinajstić information content (AvgIpc) is 2.26. The minimum atomic E-state index is -0.122. The maximum Gasteiger partial charge on any atom is 0.309 e. The second-order valence-electron chi connectivity index (χ2n) is 5.77. The molecule has 0 aromatic heterocycles. The van der Waals surface area contributed by atoms with Crippen LogP contribution in [0.15, 0.2) is 0 Å². The van der Waals surface area contributed by atoms with Gasteiger partial charge in [0.05, 0.1) is 13.0 Å². The fraction of sp³-hybridized carbons (Fsp3) is 0.923. The van der Waals surface area contributed by atoms with E-state index in [0.717, 1.165) is 6.54 Å². The van der Waals surface area contributed by atoms with Crippen LogP contribution in [-0.4, -0.2) is 25.7 Å². The van der Waals surface area contributed by atoms with Crippen molar-refractivity contribution in [3.8, 4) is 0 Å². The molecule has 0 spiro atoms. The summed E-state index contributed by atoms with van der Waals surface area (Å²) in [5, 5.41) is 3.47. The average molecular weight is 227 g/mol. The lowest BCUT2D eigenvalue weighted by Gasteiger charge is -2.35. The highest BCUT2D eigenvalue weighted by Gasteiger charge is 2.27. The fourth-order valence-electron chi connectivity index (χ4n) is 2.23. The van der Waals surface area contributed by atoms with Gasteiger partial charge in [0.25, 0.3) is 0 Å². The van der Waals surface area contributed by atoms with Crippen molar-refractivity contribution in [1.82, 2.24) is 5.32 Å². The molecule has 1 N–H and O–H groups in total. The zero-order valence-corrected chi connectivity index (χ0v) is 11.0. The molecule has 0 aliphatic heterocycles. The Morgan fingerprint density at radius 3 is 2.50 bits per heavy atom. The van der Waals surface area contributed by atoms with E-state index in [9.17, 15) is 4.79 Å². The quantitative estimate of drug-likeness (QED) is 0.749. The SMILES string of the molecule is COC(=O)C(C)CNC1CCC(C)(C)CC1.